The summed E-state index contributed by atoms with van der Waals surface area (Å²) in [4.78, 5) is 17.1. The number of rotatable bonds is 5. The Kier molecular flexibility index (Phi) is 8.67. The van der Waals surface area contributed by atoms with Gasteiger partial charge >= 0.3 is 5.97 Å². The fraction of sp³-hybridized carbons (Fsp3) is 0.517. The van der Waals surface area contributed by atoms with Gasteiger partial charge in [-0.3, -0.25) is 9.78 Å². The van der Waals surface area contributed by atoms with Crippen molar-refractivity contribution in [2.75, 3.05) is 0 Å². The van der Waals surface area contributed by atoms with E-state index < -0.39 is 0 Å². The summed E-state index contributed by atoms with van der Waals surface area (Å²) >= 11 is 0. The highest BCUT2D eigenvalue weighted by atomic mass is 16.6. The van der Waals surface area contributed by atoms with E-state index in [1.807, 2.05) is 51.3 Å². The third-order valence-corrected chi connectivity index (χ3v) is 7.37. The fourth-order valence-corrected chi connectivity index (χ4v) is 5.95. The molecule has 0 bridgehead atoms. The van der Waals surface area contributed by atoms with Crippen molar-refractivity contribution in [3.63, 3.8) is 0 Å². The number of nitrogens with zero attached hydrogens (tertiary/aromatic N) is 1. The van der Waals surface area contributed by atoms with E-state index in [1.54, 1.807) is 0 Å². The summed E-state index contributed by atoms with van der Waals surface area (Å²) in [5.41, 5.74) is 3.08. The number of fused-ring (bicyclic) bond motifs is 2. The summed E-state index contributed by atoms with van der Waals surface area (Å²) in [6.07, 6.45) is 20.5. The number of hydrogen-bond donors (Lipinski definition) is 0. The second kappa shape index (κ2) is 11.4. The van der Waals surface area contributed by atoms with E-state index in [4.69, 9.17) is 4.74 Å². The van der Waals surface area contributed by atoms with E-state index >= 15 is 0 Å². The van der Waals surface area contributed by atoms with E-state index in [2.05, 4.69) is 42.8 Å². The minimum absolute atomic E-state index is 0.0160. The maximum Gasteiger partial charge on any atom is 0.309 e. The maximum absolute atomic E-state index is 12.4. The topological polar surface area (TPSA) is 39.2 Å². The van der Waals surface area contributed by atoms with Crippen molar-refractivity contribution >= 4 is 17.6 Å². The molecule has 4 rings (SSSR count). The van der Waals surface area contributed by atoms with Crippen molar-refractivity contribution in [3.8, 4) is 0 Å². The van der Waals surface area contributed by atoms with Crippen LogP contribution in [0.4, 0.5) is 0 Å². The number of cyclic esters (lactones) is 1. The molecule has 3 fully saturated rings. The van der Waals surface area contributed by atoms with E-state index in [9.17, 15) is 4.79 Å². The molecule has 1 saturated heterocycles. The Hall–Kier alpha value is -2.42. The van der Waals surface area contributed by atoms with Crippen molar-refractivity contribution in [2.45, 2.75) is 65.9 Å². The molecule has 2 saturated carbocycles. The molecule has 2 aliphatic carbocycles. The van der Waals surface area contributed by atoms with Crippen LogP contribution in [0.25, 0.3) is 11.6 Å². The lowest BCUT2D eigenvalue weighted by atomic mass is 9.57. The first-order chi connectivity index (χ1) is 15.6. The van der Waals surface area contributed by atoms with E-state index in [1.165, 1.54) is 25.7 Å². The summed E-state index contributed by atoms with van der Waals surface area (Å²) in [6.45, 7) is 12.0. The second-order valence-corrected chi connectivity index (χ2v) is 9.03. The molecule has 0 N–H and O–H groups in total. The zero-order chi connectivity index (χ0) is 23.1. The number of allylic oxidation sites excluding steroid dienone is 6. The van der Waals surface area contributed by atoms with Crippen LogP contribution in [0.2, 0.25) is 0 Å². The molecule has 3 heteroatoms. The molecule has 0 spiro atoms. The quantitative estimate of drug-likeness (QED) is 0.362. The number of carbonyl (C=O) groups is 1. The van der Waals surface area contributed by atoms with Crippen molar-refractivity contribution < 1.29 is 9.53 Å². The van der Waals surface area contributed by atoms with E-state index in [-0.39, 0.29) is 18.0 Å². The van der Waals surface area contributed by atoms with Crippen LogP contribution in [0.1, 0.15) is 71.1 Å². The highest BCUT2D eigenvalue weighted by Crippen LogP contribution is 2.53. The summed E-state index contributed by atoms with van der Waals surface area (Å²) in [6, 6.07) is 4.17. The molecule has 1 aromatic rings. The molecular formula is C29H39NO2. The molecule has 2 heterocycles. The predicted molar refractivity (Wildman–Crippen MR) is 134 cm³/mol. The van der Waals surface area contributed by atoms with Crippen LogP contribution in [0.5, 0.6) is 0 Å². The Bertz CT molecular complexity index is 864. The Morgan fingerprint density at radius 1 is 1.22 bits per heavy atom. The van der Waals surface area contributed by atoms with Crippen LogP contribution in [0, 0.1) is 29.6 Å². The van der Waals surface area contributed by atoms with Crippen molar-refractivity contribution in [3.05, 3.63) is 66.5 Å². The third-order valence-electron chi connectivity index (χ3n) is 7.37. The Balaban J connectivity index is 0.00000141. The van der Waals surface area contributed by atoms with Crippen LogP contribution >= 0.6 is 0 Å². The van der Waals surface area contributed by atoms with Crippen molar-refractivity contribution in [2.24, 2.45) is 29.6 Å². The van der Waals surface area contributed by atoms with Gasteiger partial charge in [-0.25, -0.2) is 0 Å². The first-order valence-corrected chi connectivity index (χ1v) is 12.4. The summed E-state index contributed by atoms with van der Waals surface area (Å²) in [7, 11) is 0. The molecule has 3 aliphatic rings. The number of carbonyl (C=O) groups excluding carboxylic acids is 1. The zero-order valence-corrected chi connectivity index (χ0v) is 20.2. The van der Waals surface area contributed by atoms with Gasteiger partial charge in [0.25, 0.3) is 0 Å². The lowest BCUT2D eigenvalue weighted by Crippen LogP contribution is -2.42. The summed E-state index contributed by atoms with van der Waals surface area (Å²) in [5.74, 6) is 2.15. The van der Waals surface area contributed by atoms with Crippen LogP contribution in [0.3, 0.4) is 0 Å². The molecule has 32 heavy (non-hydrogen) atoms. The van der Waals surface area contributed by atoms with E-state index in [0.717, 1.165) is 23.3 Å². The number of aromatic nitrogens is 1. The number of hydrogen-bond acceptors (Lipinski definition) is 3. The minimum Gasteiger partial charge on any atom is -0.462 e. The Morgan fingerprint density at radius 2 is 2.00 bits per heavy atom. The summed E-state index contributed by atoms with van der Waals surface area (Å²) < 4.78 is 5.67. The highest BCUT2D eigenvalue weighted by Gasteiger charge is 2.53. The van der Waals surface area contributed by atoms with Crippen LogP contribution < -0.4 is 0 Å². The molecule has 1 aromatic heterocycles. The van der Waals surface area contributed by atoms with Gasteiger partial charge in [0, 0.05) is 17.7 Å². The normalized spacial score (nSPS) is 32.1. The molecule has 1 aliphatic heterocycles. The molecule has 6 unspecified atom stereocenters. The Morgan fingerprint density at radius 3 is 2.69 bits per heavy atom. The molecular weight excluding hydrogens is 394 g/mol. The molecule has 6 atom stereocenters. The standard InChI is InChI=1S/C27H33NO2.C2H6/c1-4-6-9-19(5-2)21-12-13-22(28-17-21)14-15-24-23-11-8-7-10-20(23)16-25-26(24)18(3)30-27(25)29;1-2/h4-6,9,12-15,17-18,20,23-26H,2,7-8,10-11,16H2,1,3H3;1-2H3/b6-4-,15-14+,19-9+;. The van der Waals surface area contributed by atoms with Gasteiger partial charge in [-0.15, -0.1) is 0 Å². The summed E-state index contributed by atoms with van der Waals surface area (Å²) in [5, 5.41) is 0. The second-order valence-electron chi connectivity index (χ2n) is 9.03. The first kappa shape index (κ1) is 24.2. The van der Waals surface area contributed by atoms with Gasteiger partial charge < -0.3 is 4.74 Å². The van der Waals surface area contributed by atoms with Gasteiger partial charge in [0.2, 0.25) is 0 Å². The average Bonchev–Trinajstić information content (AvgIpc) is 3.12. The van der Waals surface area contributed by atoms with Gasteiger partial charge in [-0.2, -0.15) is 0 Å². The SMILES string of the molecule is C=C/C(=C\C=C/C)c1ccc(/C=C/C2C3CCCCC3CC3C(=O)OC(C)C32)nc1.CC. The van der Waals surface area contributed by atoms with Gasteiger partial charge in [-0.05, 0) is 62.2 Å². The van der Waals surface area contributed by atoms with Gasteiger partial charge in [0.05, 0.1) is 11.6 Å². The highest BCUT2D eigenvalue weighted by molar-refractivity contribution is 5.76. The van der Waals surface area contributed by atoms with Crippen molar-refractivity contribution in [1.82, 2.24) is 4.98 Å². The largest absolute Gasteiger partial charge is 0.462 e. The van der Waals surface area contributed by atoms with E-state index in [0.29, 0.717) is 23.7 Å². The average molecular weight is 434 g/mol. The minimum atomic E-state index is 0.0160. The monoisotopic (exact) mass is 433 g/mol. The maximum atomic E-state index is 12.4. The third kappa shape index (κ3) is 5.14. The molecule has 0 radical (unpaired) electrons. The zero-order valence-electron chi connectivity index (χ0n) is 20.2. The van der Waals surface area contributed by atoms with Gasteiger partial charge in [0.15, 0.2) is 0 Å². The first-order valence-electron chi connectivity index (χ1n) is 12.4. The molecule has 172 valence electrons. The van der Waals surface area contributed by atoms with Gasteiger partial charge in [0.1, 0.15) is 6.10 Å². The smallest absolute Gasteiger partial charge is 0.309 e. The predicted octanol–water partition coefficient (Wildman–Crippen LogP) is 7.27. The Labute approximate surface area is 194 Å². The van der Waals surface area contributed by atoms with Crippen molar-refractivity contribution in [1.29, 1.82) is 0 Å². The number of esters is 1. The van der Waals surface area contributed by atoms with Gasteiger partial charge in [-0.1, -0.05) is 76.1 Å². The lowest BCUT2D eigenvalue weighted by molar-refractivity contribution is -0.144. The number of ether oxygens (including phenoxy) is 1. The van der Waals surface area contributed by atoms with Crippen LogP contribution in [-0.2, 0) is 9.53 Å². The number of pyridine rings is 1. The molecule has 3 nitrogen and oxygen atoms in total. The fourth-order valence-electron chi connectivity index (χ4n) is 5.95. The van der Waals surface area contributed by atoms with Crippen LogP contribution in [0.15, 0.2) is 55.3 Å². The van der Waals surface area contributed by atoms with Crippen LogP contribution in [-0.4, -0.2) is 17.1 Å². The molecule has 0 amide bonds. The lowest BCUT2D eigenvalue weighted by Gasteiger charge is -2.45. The molecule has 0 aromatic carbocycles.